The van der Waals surface area contributed by atoms with E-state index in [1.807, 2.05) is 0 Å². The largest absolute Gasteiger partial charge is 0.462 e. The number of anilines is 3. The Labute approximate surface area is 267 Å². The van der Waals surface area contributed by atoms with Gasteiger partial charge in [-0.25, -0.2) is 33.1 Å². The highest BCUT2D eigenvalue weighted by Gasteiger charge is 2.45. The van der Waals surface area contributed by atoms with Crippen LogP contribution in [0.5, 0.6) is 0 Å². The molecule has 242 valence electrons. The first kappa shape index (κ1) is 32.9. The average molecular weight is 658 g/mol. The van der Waals surface area contributed by atoms with Crippen molar-refractivity contribution >= 4 is 50.1 Å². The van der Waals surface area contributed by atoms with Gasteiger partial charge in [-0.3, -0.25) is 9.80 Å². The van der Waals surface area contributed by atoms with Crippen molar-refractivity contribution in [2.45, 2.75) is 69.9 Å². The Bertz CT molecular complexity index is 1620. The minimum atomic E-state index is -3.79. The van der Waals surface area contributed by atoms with Gasteiger partial charge in [0.1, 0.15) is 17.1 Å². The number of aromatic nitrogens is 3. The summed E-state index contributed by atoms with van der Waals surface area (Å²) >= 11 is 1.15. The van der Waals surface area contributed by atoms with Gasteiger partial charge in [-0.15, -0.1) is 0 Å². The van der Waals surface area contributed by atoms with Crippen LogP contribution in [0.3, 0.4) is 0 Å². The fraction of sp³-hybridized carbons (Fsp3) is 0.500. The number of nitrogens with two attached hydrogens (primary N) is 1. The third-order valence-electron chi connectivity index (χ3n) is 8.43. The molecule has 2 fully saturated rings. The maximum Gasteiger partial charge on any atom is 0.350 e. The molecule has 5 rings (SSSR count). The smallest absolute Gasteiger partial charge is 0.350 e. The number of carbonyl (C=O) groups is 2. The fourth-order valence-corrected chi connectivity index (χ4v) is 7.53. The molecule has 3 aromatic rings. The van der Waals surface area contributed by atoms with Crippen molar-refractivity contribution in [2.24, 2.45) is 5.14 Å². The summed E-state index contributed by atoms with van der Waals surface area (Å²) in [7, 11) is -3.79. The second kappa shape index (κ2) is 14.3. The molecule has 15 heteroatoms. The Hall–Kier alpha value is -3.50. The average Bonchev–Trinajstić information content (AvgIpc) is 3.40. The Morgan fingerprint density at radius 1 is 1.09 bits per heavy atom. The maximum absolute atomic E-state index is 14.2. The highest BCUT2D eigenvalue weighted by Crippen LogP contribution is 2.30. The highest BCUT2D eigenvalue weighted by molar-refractivity contribution is 7.89. The third kappa shape index (κ3) is 8.02. The summed E-state index contributed by atoms with van der Waals surface area (Å²) in [5.74, 6) is 0.455. The zero-order valence-corrected chi connectivity index (χ0v) is 27.3. The lowest BCUT2D eigenvalue weighted by Gasteiger charge is -2.46. The van der Waals surface area contributed by atoms with Crippen LogP contribution >= 0.6 is 11.3 Å². The lowest BCUT2D eigenvalue weighted by molar-refractivity contribution is -0.885. The molecular formula is C30H41N8O5S2+. The summed E-state index contributed by atoms with van der Waals surface area (Å²) < 4.78 is 28.9. The van der Waals surface area contributed by atoms with Crippen LogP contribution in [0.25, 0.3) is 0 Å². The van der Waals surface area contributed by atoms with Gasteiger partial charge in [-0.2, -0.15) is 4.98 Å². The summed E-state index contributed by atoms with van der Waals surface area (Å²) in [5, 5.41) is 15.5. The first-order valence-corrected chi connectivity index (χ1v) is 17.7. The molecule has 0 aliphatic carbocycles. The molecule has 5 N–H and O–H groups in total. The van der Waals surface area contributed by atoms with Gasteiger partial charge in [0.25, 0.3) is 0 Å². The SMILES string of the molecule is CCOC(=O)c1sc(Nc2nc(CC(=O)[N+]3(C4CCNCC4)CCCCC3)cc(NCc3ccc(S(N)(=O)=O)cc3)n2)nc1C. The van der Waals surface area contributed by atoms with Crippen molar-refractivity contribution in [3.8, 4) is 0 Å². The van der Waals surface area contributed by atoms with Gasteiger partial charge in [-0.1, -0.05) is 23.5 Å². The van der Waals surface area contributed by atoms with Crippen molar-refractivity contribution in [1.82, 2.24) is 20.3 Å². The number of thiazole rings is 1. The Balaban J connectivity index is 1.41. The standard InChI is InChI=1S/C30H40N8O5S2/c1-3-43-28(40)27-20(2)34-30(44-27)37-29-35-22(17-25(36-29)33-19-21-7-9-24(10-8-21)45(31,41)42)18-26(39)38(15-5-4-6-16-38)23-11-13-32-14-12-23/h7-10,17,23,32H,3-6,11-16,18-19H2,1-2H3,(H3-,31,33,34,35,36,37,40,41,42)/p+1. The van der Waals surface area contributed by atoms with Crippen molar-refractivity contribution in [1.29, 1.82) is 0 Å². The first-order chi connectivity index (χ1) is 21.6. The van der Waals surface area contributed by atoms with Gasteiger partial charge >= 0.3 is 11.9 Å². The van der Waals surface area contributed by atoms with E-state index in [2.05, 4.69) is 25.9 Å². The molecule has 0 saturated carbocycles. The Morgan fingerprint density at radius 3 is 2.47 bits per heavy atom. The summed E-state index contributed by atoms with van der Waals surface area (Å²) in [5.41, 5.74) is 1.92. The number of hydrogen-bond donors (Lipinski definition) is 4. The van der Waals surface area contributed by atoms with Crippen LogP contribution in [0.15, 0.2) is 35.2 Å². The monoisotopic (exact) mass is 657 g/mol. The Kier molecular flexibility index (Phi) is 10.4. The minimum absolute atomic E-state index is 0.0324. The molecule has 4 heterocycles. The van der Waals surface area contributed by atoms with E-state index in [1.165, 1.54) is 12.1 Å². The number of nitrogens with one attached hydrogen (secondary N) is 3. The molecule has 0 bridgehead atoms. The van der Waals surface area contributed by atoms with Gasteiger partial charge < -0.3 is 15.4 Å². The number of sulfonamides is 1. The molecule has 2 aromatic heterocycles. The fourth-order valence-electron chi connectivity index (χ4n) is 6.16. The summed E-state index contributed by atoms with van der Waals surface area (Å²) in [6, 6.07) is 8.35. The quantitative estimate of drug-likeness (QED) is 0.176. The maximum atomic E-state index is 14.2. The van der Waals surface area contributed by atoms with Gasteiger partial charge in [0.05, 0.1) is 42.0 Å². The molecule has 45 heavy (non-hydrogen) atoms. The van der Waals surface area contributed by atoms with E-state index < -0.39 is 16.0 Å². The topological polar surface area (TPSA) is 178 Å². The number of quaternary nitrogens is 1. The van der Waals surface area contributed by atoms with Gasteiger partial charge in [0.2, 0.25) is 16.0 Å². The van der Waals surface area contributed by atoms with Crippen LogP contribution in [0.1, 0.15) is 65.7 Å². The summed E-state index contributed by atoms with van der Waals surface area (Å²) in [4.78, 5) is 40.8. The van der Waals surface area contributed by atoms with E-state index in [-0.39, 0.29) is 29.8 Å². The zero-order valence-electron chi connectivity index (χ0n) is 25.7. The number of primary sulfonamides is 1. The van der Waals surface area contributed by atoms with Gasteiger partial charge in [0.15, 0.2) is 5.13 Å². The second-order valence-electron chi connectivity index (χ2n) is 11.5. The molecule has 0 radical (unpaired) electrons. The van der Waals surface area contributed by atoms with E-state index in [0.717, 1.165) is 75.2 Å². The second-order valence-corrected chi connectivity index (χ2v) is 14.0. The van der Waals surface area contributed by atoms with Crippen LogP contribution in [-0.4, -0.2) is 78.6 Å². The van der Waals surface area contributed by atoms with Crippen LogP contribution in [0, 0.1) is 6.92 Å². The van der Waals surface area contributed by atoms with Crippen molar-refractivity contribution in [3.63, 3.8) is 0 Å². The van der Waals surface area contributed by atoms with Crippen LogP contribution in [-0.2, 0) is 32.5 Å². The van der Waals surface area contributed by atoms with Crippen LogP contribution in [0.2, 0.25) is 0 Å². The number of aryl methyl sites for hydroxylation is 1. The zero-order chi connectivity index (χ0) is 32.0. The number of nitrogens with zero attached hydrogens (tertiary/aromatic N) is 4. The van der Waals surface area contributed by atoms with Crippen LogP contribution < -0.4 is 21.1 Å². The summed E-state index contributed by atoms with van der Waals surface area (Å²) in [6.07, 6.45) is 5.33. The molecule has 13 nitrogen and oxygen atoms in total. The third-order valence-corrected chi connectivity index (χ3v) is 10.4. The molecule has 2 aliphatic rings. The number of amides is 1. The lowest BCUT2D eigenvalue weighted by Crippen LogP contribution is -2.64. The Morgan fingerprint density at radius 2 is 1.80 bits per heavy atom. The van der Waals surface area contributed by atoms with E-state index in [0.29, 0.717) is 44.3 Å². The van der Waals surface area contributed by atoms with Gasteiger partial charge in [0, 0.05) is 38.5 Å². The van der Waals surface area contributed by atoms with Crippen molar-refractivity contribution < 1.29 is 27.2 Å². The predicted molar refractivity (Wildman–Crippen MR) is 172 cm³/mol. The van der Waals surface area contributed by atoms with Gasteiger partial charge in [-0.05, 0) is 50.8 Å². The number of hydrogen-bond acceptors (Lipinski definition) is 12. The minimum Gasteiger partial charge on any atom is -0.462 e. The molecule has 0 atom stereocenters. The van der Waals surface area contributed by atoms with E-state index in [4.69, 9.17) is 14.9 Å². The molecule has 0 unspecified atom stereocenters. The first-order valence-electron chi connectivity index (χ1n) is 15.3. The van der Waals surface area contributed by atoms with E-state index in [9.17, 15) is 18.0 Å². The summed E-state index contributed by atoms with van der Waals surface area (Å²) in [6.45, 7) is 7.64. The number of benzene rings is 1. The van der Waals surface area contributed by atoms with Crippen LogP contribution in [0.4, 0.5) is 16.9 Å². The lowest BCUT2D eigenvalue weighted by atomic mass is 9.95. The van der Waals surface area contributed by atoms with Crippen molar-refractivity contribution in [2.75, 3.05) is 43.4 Å². The number of esters is 1. The number of piperidine rings is 2. The van der Waals surface area contributed by atoms with Crippen molar-refractivity contribution in [3.05, 3.63) is 52.2 Å². The molecule has 2 aliphatic heterocycles. The molecular weight excluding hydrogens is 617 g/mol. The van der Waals surface area contributed by atoms with E-state index >= 15 is 0 Å². The predicted octanol–water partition coefficient (Wildman–Crippen LogP) is 3.24. The molecule has 0 spiro atoms. The normalized spacial score (nSPS) is 17.0. The molecule has 1 amide bonds. The number of likely N-dealkylation sites (tertiary alicyclic amines) is 1. The number of ether oxygens (including phenoxy) is 1. The number of rotatable bonds is 11. The molecule has 2 saturated heterocycles. The highest BCUT2D eigenvalue weighted by atomic mass is 32.2. The number of carbonyl (C=O) groups excluding carboxylic acids is 2. The molecule has 1 aromatic carbocycles. The van der Waals surface area contributed by atoms with E-state index in [1.54, 1.807) is 32.0 Å².